The summed E-state index contributed by atoms with van der Waals surface area (Å²) in [6.07, 6.45) is 0. The van der Waals surface area contributed by atoms with Gasteiger partial charge in [0.1, 0.15) is 11.4 Å². The van der Waals surface area contributed by atoms with Crippen molar-refractivity contribution in [3.05, 3.63) is 47.7 Å². The fraction of sp³-hybridized carbons (Fsp3) is 0. The Morgan fingerprint density at radius 3 is 2.14 bits per heavy atom. The van der Waals surface area contributed by atoms with Crippen LogP contribution in [0.4, 0.5) is 5.69 Å². The maximum absolute atomic E-state index is 12.6. The molecule has 2 aromatic carbocycles. The molecule has 12 heteroatoms. The largest absolute Gasteiger partial charge is 0.505 e. The maximum atomic E-state index is 12.6. The number of hydrogen-bond donors (Lipinski definition) is 4. The van der Waals surface area contributed by atoms with E-state index >= 15 is 0 Å². The Bertz CT molecular complexity index is 1430. The molecule has 4 N–H and O–H groups in total. The van der Waals surface area contributed by atoms with Crippen LogP contribution in [0.3, 0.4) is 0 Å². The average molecular weight is 422 g/mol. The molecule has 10 nitrogen and oxygen atoms in total. The molecule has 0 aliphatic carbocycles. The van der Waals surface area contributed by atoms with Gasteiger partial charge >= 0.3 is 0 Å². The number of aromatic nitrogens is 1. The first-order valence-electron chi connectivity index (χ1n) is 7.54. The highest BCUT2D eigenvalue weighted by Crippen LogP contribution is 2.36. The molecule has 0 fully saturated rings. The van der Waals surface area contributed by atoms with Crippen molar-refractivity contribution in [2.75, 3.05) is 0 Å². The highest BCUT2D eigenvalue weighted by molar-refractivity contribution is 7.86. The van der Waals surface area contributed by atoms with Gasteiger partial charge in [-0.25, -0.2) is 4.99 Å². The lowest BCUT2D eigenvalue weighted by atomic mass is 10.1. The van der Waals surface area contributed by atoms with E-state index in [4.69, 9.17) is 9.11 Å². The zero-order valence-corrected chi connectivity index (χ0v) is 15.2. The van der Waals surface area contributed by atoms with E-state index < -0.39 is 41.6 Å². The molecule has 4 rings (SSSR count). The fourth-order valence-corrected chi connectivity index (χ4v) is 3.92. The summed E-state index contributed by atoms with van der Waals surface area (Å²) in [5.41, 5.74) is 0.0255. The Hall–Kier alpha value is -3.06. The smallest absolute Gasteiger partial charge is 0.294 e. The number of ketones is 1. The number of rotatable bonds is 3. The second-order valence-corrected chi connectivity index (χ2v) is 8.82. The van der Waals surface area contributed by atoms with Gasteiger partial charge in [-0.1, -0.05) is 0 Å². The van der Waals surface area contributed by atoms with E-state index in [1.807, 2.05) is 0 Å². The van der Waals surface area contributed by atoms with Crippen molar-refractivity contribution in [1.82, 2.24) is 4.98 Å². The summed E-state index contributed by atoms with van der Waals surface area (Å²) in [5.74, 6) is -1.07. The summed E-state index contributed by atoms with van der Waals surface area (Å²) in [5, 5.41) is 10.5. The zero-order chi connectivity index (χ0) is 20.4. The molecule has 28 heavy (non-hydrogen) atoms. The number of benzene rings is 2. The number of aromatic hydroxyl groups is 1. The van der Waals surface area contributed by atoms with Crippen LogP contribution in [0.5, 0.6) is 5.75 Å². The quantitative estimate of drug-likeness (QED) is 0.461. The van der Waals surface area contributed by atoms with Gasteiger partial charge in [-0.15, -0.1) is 0 Å². The average Bonchev–Trinajstić information content (AvgIpc) is 3.10. The van der Waals surface area contributed by atoms with Gasteiger partial charge in [0.2, 0.25) is 5.78 Å². The maximum Gasteiger partial charge on any atom is 0.294 e. The second-order valence-electron chi connectivity index (χ2n) is 5.97. The van der Waals surface area contributed by atoms with Crippen molar-refractivity contribution in [3.8, 4) is 5.75 Å². The van der Waals surface area contributed by atoms with Crippen LogP contribution < -0.4 is 0 Å². The minimum absolute atomic E-state index is 0.00759. The molecule has 3 aromatic rings. The molecule has 0 spiro atoms. The van der Waals surface area contributed by atoms with Crippen LogP contribution in [-0.4, -0.2) is 47.5 Å². The Balaban J connectivity index is 1.88. The lowest BCUT2D eigenvalue weighted by Crippen LogP contribution is -2.11. The topological polar surface area (TPSA) is 174 Å². The number of H-pyrrole nitrogens is 1. The molecule has 0 saturated carbocycles. The lowest BCUT2D eigenvalue weighted by molar-refractivity contribution is 0.106. The summed E-state index contributed by atoms with van der Waals surface area (Å²) in [7, 11) is -8.99. The molecule has 1 aromatic heterocycles. The zero-order valence-electron chi connectivity index (χ0n) is 13.6. The molecular formula is C16H10N2O8S2. The Morgan fingerprint density at radius 2 is 1.50 bits per heavy atom. The van der Waals surface area contributed by atoms with E-state index in [0.717, 1.165) is 24.3 Å². The number of nitrogens with zero attached hydrogens (tertiary/aromatic N) is 1. The lowest BCUT2D eigenvalue weighted by Gasteiger charge is -1.99. The number of nitrogens with one attached hydrogen (secondary N) is 1. The van der Waals surface area contributed by atoms with Crippen LogP contribution in [0.1, 0.15) is 16.1 Å². The van der Waals surface area contributed by atoms with Gasteiger partial charge in [-0.2, -0.15) is 16.8 Å². The molecule has 1 aliphatic heterocycles. The van der Waals surface area contributed by atoms with Crippen LogP contribution in [0.2, 0.25) is 0 Å². The molecule has 2 heterocycles. The van der Waals surface area contributed by atoms with Crippen molar-refractivity contribution in [2.24, 2.45) is 4.99 Å². The molecular weight excluding hydrogens is 412 g/mol. The van der Waals surface area contributed by atoms with E-state index in [-0.39, 0.29) is 33.6 Å². The van der Waals surface area contributed by atoms with E-state index in [1.54, 1.807) is 0 Å². The van der Waals surface area contributed by atoms with E-state index in [0.29, 0.717) is 0 Å². The van der Waals surface area contributed by atoms with Crippen molar-refractivity contribution < 1.29 is 35.8 Å². The first-order chi connectivity index (χ1) is 13.0. The summed E-state index contributed by atoms with van der Waals surface area (Å²) in [6, 6.07) is 6.70. The van der Waals surface area contributed by atoms with Gasteiger partial charge in [0, 0.05) is 10.9 Å². The summed E-state index contributed by atoms with van der Waals surface area (Å²) < 4.78 is 63.3. The van der Waals surface area contributed by atoms with Crippen LogP contribution in [0.25, 0.3) is 10.9 Å². The van der Waals surface area contributed by atoms with Crippen LogP contribution in [-0.2, 0) is 20.2 Å². The predicted octanol–water partition coefficient (Wildman–Crippen LogP) is 1.68. The number of fused-ring (bicyclic) bond motifs is 2. The standard InChI is InChI=1S/C16H10N2O8S2/c19-15-9-3-1-8(28(24,25)26)6-12(9)18-13(15)14-16(20)10-5-7(27(21,22)23)2-4-11(10)17-14/h1-6,17,20H,(H,21,22,23)(H,24,25,26). The molecule has 1 aliphatic rings. The Morgan fingerprint density at radius 1 is 0.893 bits per heavy atom. The number of hydrogen-bond acceptors (Lipinski definition) is 7. The van der Waals surface area contributed by atoms with Crippen molar-refractivity contribution in [2.45, 2.75) is 9.79 Å². The summed E-state index contributed by atoms with van der Waals surface area (Å²) in [6.45, 7) is 0. The van der Waals surface area contributed by atoms with Gasteiger partial charge in [0.25, 0.3) is 20.2 Å². The van der Waals surface area contributed by atoms with Crippen molar-refractivity contribution in [3.63, 3.8) is 0 Å². The molecule has 0 saturated heterocycles. The highest BCUT2D eigenvalue weighted by Gasteiger charge is 2.31. The first kappa shape index (κ1) is 18.3. The van der Waals surface area contributed by atoms with E-state index in [2.05, 4.69) is 9.98 Å². The summed E-state index contributed by atoms with van der Waals surface area (Å²) in [4.78, 5) is 18.5. The van der Waals surface area contributed by atoms with E-state index in [9.17, 15) is 26.7 Å². The van der Waals surface area contributed by atoms with Gasteiger partial charge in [0.05, 0.1) is 21.0 Å². The number of aliphatic imine (C=N–C) groups is 1. The Labute approximate surface area is 157 Å². The SMILES string of the molecule is O=C1C(c2[nH]c3ccc(S(=O)(=O)O)cc3c2O)=Nc2cc(S(=O)(=O)O)ccc21. The minimum Gasteiger partial charge on any atom is -0.505 e. The van der Waals surface area contributed by atoms with Gasteiger partial charge in [0.15, 0.2) is 5.75 Å². The number of aromatic amines is 1. The monoisotopic (exact) mass is 422 g/mol. The van der Waals surface area contributed by atoms with Crippen LogP contribution in [0, 0.1) is 0 Å². The normalized spacial score (nSPS) is 14.4. The predicted molar refractivity (Wildman–Crippen MR) is 96.6 cm³/mol. The molecule has 0 amide bonds. The van der Waals surface area contributed by atoms with Gasteiger partial charge in [-0.05, 0) is 36.4 Å². The van der Waals surface area contributed by atoms with E-state index in [1.165, 1.54) is 12.1 Å². The third kappa shape index (κ3) is 2.79. The molecule has 144 valence electrons. The molecule has 0 unspecified atom stereocenters. The highest BCUT2D eigenvalue weighted by atomic mass is 32.2. The molecule has 0 radical (unpaired) electrons. The Kier molecular flexibility index (Phi) is 3.74. The van der Waals surface area contributed by atoms with Crippen molar-refractivity contribution in [1.29, 1.82) is 0 Å². The van der Waals surface area contributed by atoms with Crippen molar-refractivity contribution >= 4 is 48.3 Å². The second kappa shape index (κ2) is 5.72. The minimum atomic E-state index is -4.50. The van der Waals surface area contributed by atoms with Gasteiger partial charge in [-0.3, -0.25) is 13.9 Å². The fourth-order valence-electron chi connectivity index (χ4n) is 2.91. The number of carbonyl (C=O) groups excluding carboxylic acids is 1. The van der Waals surface area contributed by atoms with Gasteiger partial charge < -0.3 is 10.1 Å². The van der Waals surface area contributed by atoms with Crippen LogP contribution >= 0.6 is 0 Å². The molecule has 0 bridgehead atoms. The van der Waals surface area contributed by atoms with Crippen LogP contribution in [0.15, 0.2) is 51.2 Å². The summed E-state index contributed by atoms with van der Waals surface area (Å²) >= 11 is 0. The number of carbonyl (C=O) groups is 1. The number of Topliss-reactive ketones (excluding diaryl/α,β-unsaturated/α-hetero) is 1. The first-order valence-corrected chi connectivity index (χ1v) is 10.4. The molecule has 0 atom stereocenters. The third-order valence-electron chi connectivity index (χ3n) is 4.24. The third-order valence-corrected chi connectivity index (χ3v) is 5.94.